The van der Waals surface area contributed by atoms with E-state index in [1.807, 2.05) is 0 Å². The van der Waals surface area contributed by atoms with Crippen LogP contribution in [0.4, 0.5) is 18.9 Å². The summed E-state index contributed by atoms with van der Waals surface area (Å²) in [5, 5.41) is 20.7. The third-order valence-electron chi connectivity index (χ3n) is 4.53. The number of amides is 1. The van der Waals surface area contributed by atoms with Crippen LogP contribution in [0.3, 0.4) is 0 Å². The van der Waals surface area contributed by atoms with Gasteiger partial charge in [-0.15, -0.1) is 0 Å². The van der Waals surface area contributed by atoms with E-state index in [2.05, 4.69) is 0 Å². The van der Waals surface area contributed by atoms with Crippen LogP contribution in [-0.2, 0) is 4.79 Å². The first kappa shape index (κ1) is 15.6. The van der Waals surface area contributed by atoms with Gasteiger partial charge < -0.3 is 10.0 Å². The van der Waals surface area contributed by atoms with E-state index >= 15 is 0 Å². The lowest BCUT2D eigenvalue weighted by molar-refractivity contribution is -0.386. The van der Waals surface area contributed by atoms with Crippen molar-refractivity contribution < 1.29 is 28.0 Å². The summed E-state index contributed by atoms with van der Waals surface area (Å²) >= 11 is 0. The predicted molar refractivity (Wildman–Crippen MR) is 72.1 cm³/mol. The van der Waals surface area contributed by atoms with E-state index in [0.29, 0.717) is 24.0 Å². The number of carbonyl (C=O) groups is 1. The summed E-state index contributed by atoms with van der Waals surface area (Å²) in [6, 6.07) is 2.48. The number of hydrogen-bond donors (Lipinski definition) is 1. The van der Waals surface area contributed by atoms with Crippen LogP contribution in [-0.4, -0.2) is 40.1 Å². The van der Waals surface area contributed by atoms with Crippen molar-refractivity contribution in [1.82, 2.24) is 4.90 Å². The highest BCUT2D eigenvalue weighted by Gasteiger charge is 2.46. The Balaban J connectivity index is 2.01. The number of nitro groups is 1. The Bertz CT molecular complexity index is 689. The monoisotopic (exact) mass is 330 g/mol. The van der Waals surface area contributed by atoms with Crippen LogP contribution < -0.4 is 0 Å². The van der Waals surface area contributed by atoms with Crippen molar-refractivity contribution in [2.45, 2.75) is 30.9 Å². The second-order valence-corrected chi connectivity index (χ2v) is 5.91. The molecule has 0 radical (unpaired) electrons. The number of rotatable bonds is 1. The SMILES string of the molecule is O=C(N1CC2CCC(C1)c1cc([N+](=O)[O-])c(O)cc12)C(F)(F)F. The molecule has 2 heterocycles. The molecule has 1 saturated heterocycles. The number of nitro benzene ring substituents is 1. The predicted octanol–water partition coefficient (Wildman–Crippen LogP) is 2.67. The third kappa shape index (κ3) is 2.60. The van der Waals surface area contributed by atoms with Crippen LogP contribution in [0.25, 0.3) is 0 Å². The number of carbonyl (C=O) groups excluding carboxylic acids is 1. The quantitative estimate of drug-likeness (QED) is 0.634. The van der Waals surface area contributed by atoms with Gasteiger partial charge in [0.2, 0.25) is 0 Å². The number of halogens is 3. The minimum atomic E-state index is -4.94. The number of aromatic hydroxyl groups is 1. The van der Waals surface area contributed by atoms with Crippen LogP contribution in [0.2, 0.25) is 0 Å². The molecule has 1 aliphatic carbocycles. The van der Waals surface area contributed by atoms with Crippen molar-refractivity contribution in [3.8, 4) is 5.75 Å². The molecule has 124 valence electrons. The van der Waals surface area contributed by atoms with E-state index in [0.717, 1.165) is 4.90 Å². The normalized spacial score (nSPS) is 23.3. The molecular weight excluding hydrogens is 317 g/mol. The van der Waals surface area contributed by atoms with Crippen molar-refractivity contribution >= 4 is 11.6 Å². The van der Waals surface area contributed by atoms with Gasteiger partial charge >= 0.3 is 17.8 Å². The number of phenolic OH excluding ortho intramolecular Hbond substituents is 1. The second kappa shape index (κ2) is 5.10. The minimum Gasteiger partial charge on any atom is -0.502 e. The highest BCUT2D eigenvalue weighted by Crippen LogP contribution is 2.46. The fourth-order valence-electron chi connectivity index (χ4n) is 3.51. The molecule has 2 unspecified atom stereocenters. The number of nitrogens with zero attached hydrogens (tertiary/aromatic N) is 2. The second-order valence-electron chi connectivity index (χ2n) is 5.91. The number of fused-ring (bicyclic) bond motifs is 3. The fraction of sp³-hybridized carbons (Fsp3) is 0.500. The summed E-state index contributed by atoms with van der Waals surface area (Å²) in [6.07, 6.45) is -3.80. The smallest absolute Gasteiger partial charge is 0.471 e. The van der Waals surface area contributed by atoms with Gasteiger partial charge in [0, 0.05) is 31.0 Å². The average molecular weight is 330 g/mol. The first-order valence-electron chi connectivity index (χ1n) is 7.05. The number of alkyl halides is 3. The molecule has 23 heavy (non-hydrogen) atoms. The van der Waals surface area contributed by atoms with E-state index in [4.69, 9.17) is 0 Å². The lowest BCUT2D eigenvalue weighted by Crippen LogP contribution is -2.42. The Hall–Kier alpha value is -2.32. The van der Waals surface area contributed by atoms with Gasteiger partial charge in [0.25, 0.3) is 0 Å². The summed E-state index contributed by atoms with van der Waals surface area (Å²) in [5.74, 6) is -3.15. The summed E-state index contributed by atoms with van der Waals surface area (Å²) in [5.41, 5.74) is 0.690. The molecule has 1 N–H and O–H groups in total. The van der Waals surface area contributed by atoms with Gasteiger partial charge in [0.05, 0.1) is 4.92 Å². The van der Waals surface area contributed by atoms with Gasteiger partial charge in [0.1, 0.15) is 0 Å². The van der Waals surface area contributed by atoms with E-state index in [-0.39, 0.29) is 19.0 Å². The summed E-state index contributed by atoms with van der Waals surface area (Å²) in [4.78, 5) is 22.5. The molecule has 1 aromatic carbocycles. The zero-order valence-electron chi connectivity index (χ0n) is 11.8. The largest absolute Gasteiger partial charge is 0.502 e. The van der Waals surface area contributed by atoms with Crippen molar-refractivity contribution in [2.24, 2.45) is 0 Å². The molecule has 0 saturated carbocycles. The molecule has 2 aliphatic heterocycles. The maximum absolute atomic E-state index is 12.7. The number of hydrogen-bond acceptors (Lipinski definition) is 4. The Morgan fingerprint density at radius 2 is 1.74 bits per heavy atom. The minimum absolute atomic E-state index is 0.0981. The van der Waals surface area contributed by atoms with E-state index < -0.39 is 34.4 Å². The highest BCUT2D eigenvalue weighted by atomic mass is 19.4. The number of benzene rings is 1. The molecule has 4 rings (SSSR count). The maximum Gasteiger partial charge on any atom is 0.471 e. The molecule has 2 bridgehead atoms. The zero-order valence-corrected chi connectivity index (χ0v) is 11.8. The van der Waals surface area contributed by atoms with Crippen LogP contribution in [0.1, 0.15) is 35.8 Å². The Morgan fingerprint density at radius 1 is 1.22 bits per heavy atom. The molecule has 1 amide bonds. The van der Waals surface area contributed by atoms with Gasteiger partial charge in [-0.2, -0.15) is 13.2 Å². The Kier molecular flexibility index (Phi) is 3.46. The summed E-state index contributed by atoms with van der Waals surface area (Å²) in [6.45, 7) is -0.219. The van der Waals surface area contributed by atoms with Crippen LogP contribution in [0.5, 0.6) is 5.75 Å². The van der Waals surface area contributed by atoms with E-state index in [9.17, 15) is 33.2 Å². The molecule has 1 fully saturated rings. The lowest BCUT2D eigenvalue weighted by atomic mass is 9.78. The molecule has 0 aromatic heterocycles. The highest BCUT2D eigenvalue weighted by molar-refractivity contribution is 5.82. The third-order valence-corrected chi connectivity index (χ3v) is 4.53. The fourth-order valence-corrected chi connectivity index (χ4v) is 3.51. The molecule has 9 heteroatoms. The van der Waals surface area contributed by atoms with Crippen molar-refractivity contribution in [3.63, 3.8) is 0 Å². The molecule has 1 aromatic rings. The van der Waals surface area contributed by atoms with Crippen molar-refractivity contribution in [3.05, 3.63) is 33.4 Å². The standard InChI is InChI=1S/C14H13F3N2O4/c15-14(16,17)13(21)18-5-7-1-2-8(6-18)10-4-12(20)11(19(22)23)3-9(7)10/h3-4,7-8,20H,1-2,5-6H2. The zero-order chi connectivity index (χ0) is 16.9. The topological polar surface area (TPSA) is 83.7 Å². The Labute approximate surface area is 128 Å². The van der Waals surface area contributed by atoms with Crippen LogP contribution >= 0.6 is 0 Å². The first-order chi connectivity index (χ1) is 10.7. The van der Waals surface area contributed by atoms with E-state index in [1.165, 1.54) is 12.1 Å². The number of phenols is 1. The van der Waals surface area contributed by atoms with Crippen molar-refractivity contribution in [2.75, 3.05) is 13.1 Å². The summed E-state index contributed by atoms with van der Waals surface area (Å²) < 4.78 is 38.0. The van der Waals surface area contributed by atoms with Gasteiger partial charge in [-0.3, -0.25) is 14.9 Å². The van der Waals surface area contributed by atoms with Gasteiger partial charge in [-0.25, -0.2) is 0 Å². The van der Waals surface area contributed by atoms with Gasteiger partial charge in [-0.05, 0) is 30.0 Å². The molecule has 3 aliphatic rings. The van der Waals surface area contributed by atoms with Crippen LogP contribution in [0.15, 0.2) is 12.1 Å². The van der Waals surface area contributed by atoms with Gasteiger partial charge in [-0.1, -0.05) is 0 Å². The molecule has 6 nitrogen and oxygen atoms in total. The van der Waals surface area contributed by atoms with Gasteiger partial charge in [0.15, 0.2) is 5.75 Å². The maximum atomic E-state index is 12.7. The molecule has 0 spiro atoms. The molecule has 2 atom stereocenters. The van der Waals surface area contributed by atoms with E-state index in [1.54, 1.807) is 0 Å². The molecular formula is C14H13F3N2O4. The lowest BCUT2D eigenvalue weighted by Gasteiger charge is -2.26. The summed E-state index contributed by atoms with van der Waals surface area (Å²) in [7, 11) is 0. The first-order valence-corrected chi connectivity index (χ1v) is 7.05. The average Bonchev–Trinajstić information content (AvgIpc) is 2.75. The Morgan fingerprint density at radius 3 is 2.22 bits per heavy atom. The van der Waals surface area contributed by atoms with Crippen LogP contribution in [0, 0.1) is 10.1 Å². The van der Waals surface area contributed by atoms with Crippen molar-refractivity contribution in [1.29, 1.82) is 0 Å².